The summed E-state index contributed by atoms with van der Waals surface area (Å²) in [5, 5.41) is 8.79. The Balaban J connectivity index is 1.30. The van der Waals surface area contributed by atoms with Gasteiger partial charge in [0.15, 0.2) is 11.6 Å². The summed E-state index contributed by atoms with van der Waals surface area (Å²) in [5.74, 6) is 3.63. The number of hydrogen-bond acceptors (Lipinski definition) is 2. The van der Waals surface area contributed by atoms with Gasteiger partial charge in [-0.2, -0.15) is 5.26 Å². The van der Waals surface area contributed by atoms with Crippen LogP contribution < -0.4 is 4.74 Å². The van der Waals surface area contributed by atoms with E-state index in [0.717, 1.165) is 30.1 Å². The van der Waals surface area contributed by atoms with Crippen LogP contribution in [0, 0.1) is 40.8 Å². The quantitative estimate of drug-likeness (QED) is 0.441. The molecule has 0 aliphatic heterocycles. The smallest absolute Gasteiger partial charge is 0.166 e. The van der Waals surface area contributed by atoms with Crippen LogP contribution in [-0.4, -0.2) is 6.61 Å². The van der Waals surface area contributed by atoms with Gasteiger partial charge in [0.25, 0.3) is 0 Å². The second-order valence-corrected chi connectivity index (χ2v) is 9.10. The van der Waals surface area contributed by atoms with Gasteiger partial charge in [-0.05, 0) is 80.4 Å². The third-order valence-electron chi connectivity index (χ3n) is 7.22. The zero-order valence-corrected chi connectivity index (χ0v) is 17.5. The van der Waals surface area contributed by atoms with Gasteiger partial charge in [-0.3, -0.25) is 0 Å². The summed E-state index contributed by atoms with van der Waals surface area (Å²) in [6.45, 7) is 2.88. The second-order valence-electron chi connectivity index (χ2n) is 9.10. The lowest BCUT2D eigenvalue weighted by atomic mass is 9.68. The molecule has 1 aromatic carbocycles. The molecule has 2 fully saturated rings. The fourth-order valence-corrected chi connectivity index (χ4v) is 5.55. The molecule has 1 aromatic rings. The minimum Gasteiger partial charge on any atom is -0.491 e. The fraction of sp³-hybridized carbons (Fsp3) is 0.720. The Labute approximate surface area is 170 Å². The van der Waals surface area contributed by atoms with E-state index in [4.69, 9.17) is 10.00 Å². The molecule has 0 bridgehead atoms. The molecule has 2 aliphatic carbocycles. The first-order chi connectivity index (χ1) is 13.7. The van der Waals surface area contributed by atoms with E-state index in [1.807, 2.05) is 6.07 Å². The first kappa shape index (κ1) is 21.2. The molecule has 2 saturated carbocycles. The second kappa shape index (κ2) is 10.8. The van der Waals surface area contributed by atoms with Crippen LogP contribution in [0.1, 0.15) is 89.5 Å². The number of nitrogens with zero attached hydrogens (tertiary/aromatic N) is 1. The Morgan fingerprint density at radius 1 is 0.964 bits per heavy atom. The van der Waals surface area contributed by atoms with Gasteiger partial charge in [-0.25, -0.2) is 4.39 Å². The van der Waals surface area contributed by atoms with Crippen LogP contribution in [0.15, 0.2) is 18.2 Å². The summed E-state index contributed by atoms with van der Waals surface area (Å²) in [4.78, 5) is 0. The lowest BCUT2D eigenvalue weighted by Crippen LogP contribution is -2.26. The average molecular weight is 386 g/mol. The van der Waals surface area contributed by atoms with Crippen molar-refractivity contribution in [3.8, 4) is 11.8 Å². The minimum atomic E-state index is -0.437. The van der Waals surface area contributed by atoms with Gasteiger partial charge in [0.05, 0.1) is 18.2 Å². The SMILES string of the molecule is CCCC1CCC(C2CCC(CCCOc3ccc(C#N)cc3F)CC2)CC1. The Morgan fingerprint density at radius 2 is 1.57 bits per heavy atom. The van der Waals surface area contributed by atoms with E-state index in [1.54, 1.807) is 12.1 Å². The summed E-state index contributed by atoms with van der Waals surface area (Å²) in [6.07, 6.45) is 16.4. The van der Waals surface area contributed by atoms with Crippen molar-refractivity contribution in [1.82, 2.24) is 0 Å². The Morgan fingerprint density at radius 3 is 2.11 bits per heavy atom. The topological polar surface area (TPSA) is 33.0 Å². The molecule has 0 spiro atoms. The summed E-state index contributed by atoms with van der Waals surface area (Å²) < 4.78 is 19.4. The largest absolute Gasteiger partial charge is 0.491 e. The third kappa shape index (κ3) is 5.97. The number of nitriles is 1. The Hall–Kier alpha value is -1.56. The molecule has 2 nitrogen and oxygen atoms in total. The molecule has 0 aromatic heterocycles. The number of ether oxygens (including phenoxy) is 1. The monoisotopic (exact) mass is 385 g/mol. The molecule has 2 aliphatic rings. The van der Waals surface area contributed by atoms with Crippen LogP contribution in [0.4, 0.5) is 4.39 Å². The van der Waals surface area contributed by atoms with Crippen LogP contribution in [-0.2, 0) is 0 Å². The molecule has 0 saturated heterocycles. The highest BCUT2D eigenvalue weighted by molar-refractivity contribution is 5.35. The van der Waals surface area contributed by atoms with Crippen molar-refractivity contribution in [2.75, 3.05) is 6.61 Å². The van der Waals surface area contributed by atoms with Crippen LogP contribution in [0.3, 0.4) is 0 Å². The fourth-order valence-electron chi connectivity index (χ4n) is 5.55. The van der Waals surface area contributed by atoms with E-state index >= 15 is 0 Å². The highest BCUT2D eigenvalue weighted by Crippen LogP contribution is 2.42. The molecular formula is C25H36FNO. The maximum atomic E-state index is 13.8. The number of halogens is 1. The highest BCUT2D eigenvalue weighted by atomic mass is 19.1. The molecule has 3 heteroatoms. The number of hydrogen-bond donors (Lipinski definition) is 0. The molecule has 28 heavy (non-hydrogen) atoms. The number of rotatable bonds is 8. The van der Waals surface area contributed by atoms with Crippen LogP contribution in [0.5, 0.6) is 5.75 Å². The minimum absolute atomic E-state index is 0.265. The van der Waals surface area contributed by atoms with Crippen molar-refractivity contribution in [2.24, 2.45) is 23.7 Å². The summed E-state index contributed by atoms with van der Waals surface area (Å²) >= 11 is 0. The zero-order valence-electron chi connectivity index (χ0n) is 17.5. The van der Waals surface area contributed by atoms with E-state index in [1.165, 1.54) is 76.7 Å². The van der Waals surface area contributed by atoms with Crippen molar-refractivity contribution in [3.05, 3.63) is 29.6 Å². The van der Waals surface area contributed by atoms with Crippen LogP contribution in [0.25, 0.3) is 0 Å². The zero-order chi connectivity index (χ0) is 19.8. The molecule has 0 N–H and O–H groups in total. The van der Waals surface area contributed by atoms with Crippen molar-refractivity contribution in [3.63, 3.8) is 0 Å². The lowest BCUT2D eigenvalue weighted by Gasteiger charge is -2.38. The molecule has 3 rings (SSSR count). The van der Waals surface area contributed by atoms with Crippen molar-refractivity contribution in [2.45, 2.75) is 84.0 Å². The molecule has 0 atom stereocenters. The van der Waals surface area contributed by atoms with Gasteiger partial charge in [-0.15, -0.1) is 0 Å². The maximum absolute atomic E-state index is 13.8. The normalized spacial score (nSPS) is 27.9. The van der Waals surface area contributed by atoms with Gasteiger partial charge >= 0.3 is 0 Å². The maximum Gasteiger partial charge on any atom is 0.166 e. The van der Waals surface area contributed by atoms with Gasteiger partial charge in [0, 0.05) is 0 Å². The lowest BCUT2D eigenvalue weighted by molar-refractivity contribution is 0.138. The van der Waals surface area contributed by atoms with Crippen molar-refractivity contribution >= 4 is 0 Å². The van der Waals surface area contributed by atoms with Gasteiger partial charge in [-0.1, -0.05) is 45.4 Å². The van der Waals surface area contributed by atoms with E-state index in [2.05, 4.69) is 6.92 Å². The van der Waals surface area contributed by atoms with E-state index in [-0.39, 0.29) is 5.75 Å². The Kier molecular flexibility index (Phi) is 8.19. The van der Waals surface area contributed by atoms with Crippen molar-refractivity contribution < 1.29 is 9.13 Å². The summed E-state index contributed by atoms with van der Waals surface area (Å²) in [7, 11) is 0. The summed E-state index contributed by atoms with van der Waals surface area (Å²) in [5.41, 5.74) is 0.334. The van der Waals surface area contributed by atoms with Gasteiger partial charge in [0.1, 0.15) is 0 Å². The van der Waals surface area contributed by atoms with Crippen LogP contribution in [0.2, 0.25) is 0 Å². The standard InChI is InChI=1S/C25H36FNO/c1-2-4-19-6-11-22(12-7-19)23-13-8-20(9-14-23)5-3-16-28-25-15-10-21(18-27)17-24(25)26/h10,15,17,19-20,22-23H,2-9,11-14,16H2,1H3. The van der Waals surface area contributed by atoms with Crippen molar-refractivity contribution in [1.29, 1.82) is 5.26 Å². The molecule has 0 amide bonds. The van der Waals surface area contributed by atoms with E-state index < -0.39 is 5.82 Å². The molecular weight excluding hydrogens is 349 g/mol. The van der Waals surface area contributed by atoms with Crippen LogP contribution >= 0.6 is 0 Å². The van der Waals surface area contributed by atoms with Gasteiger partial charge in [0.2, 0.25) is 0 Å². The van der Waals surface area contributed by atoms with E-state index in [0.29, 0.717) is 12.2 Å². The predicted molar refractivity (Wildman–Crippen MR) is 112 cm³/mol. The average Bonchev–Trinajstić information content (AvgIpc) is 2.73. The Bertz CT molecular complexity index is 636. The highest BCUT2D eigenvalue weighted by Gasteiger charge is 2.30. The summed E-state index contributed by atoms with van der Waals surface area (Å²) in [6, 6.07) is 6.36. The number of benzene rings is 1. The molecule has 154 valence electrons. The first-order valence-electron chi connectivity index (χ1n) is 11.5. The van der Waals surface area contributed by atoms with E-state index in [9.17, 15) is 4.39 Å². The molecule has 0 radical (unpaired) electrons. The third-order valence-corrected chi connectivity index (χ3v) is 7.22. The first-order valence-corrected chi connectivity index (χ1v) is 11.5. The predicted octanol–water partition coefficient (Wildman–Crippen LogP) is 7.27. The van der Waals surface area contributed by atoms with Gasteiger partial charge < -0.3 is 4.74 Å². The molecule has 0 heterocycles. The molecule has 0 unspecified atom stereocenters.